The largest absolute Gasteiger partial charge is 0.361 e. The van der Waals surface area contributed by atoms with Gasteiger partial charge in [-0.2, -0.15) is 0 Å². The molecule has 5 rings (SSSR count). The summed E-state index contributed by atoms with van der Waals surface area (Å²) in [6, 6.07) is 37.3. The van der Waals surface area contributed by atoms with Crippen molar-refractivity contribution in [3.63, 3.8) is 0 Å². The first-order chi connectivity index (χ1) is 17.2. The highest BCUT2D eigenvalue weighted by Gasteiger charge is 2.23. The molecule has 3 nitrogen and oxygen atoms in total. The molecule has 1 heterocycles. The van der Waals surface area contributed by atoms with Crippen molar-refractivity contribution in [2.24, 2.45) is 0 Å². The number of aryl methyl sites for hydroxylation is 1. The molecule has 35 heavy (non-hydrogen) atoms. The summed E-state index contributed by atoms with van der Waals surface area (Å²) in [5.74, 6) is 0.00534. The monoisotopic (exact) mass is 458 g/mol. The maximum Gasteiger partial charge on any atom is 0.221 e. The summed E-state index contributed by atoms with van der Waals surface area (Å²) in [4.78, 5) is 17.0. The Morgan fingerprint density at radius 2 is 1.49 bits per heavy atom. The second-order valence-corrected chi connectivity index (χ2v) is 9.18. The summed E-state index contributed by atoms with van der Waals surface area (Å²) < 4.78 is 0. The first-order valence-corrected chi connectivity index (χ1v) is 12.2. The third-order valence-corrected chi connectivity index (χ3v) is 6.65. The molecule has 0 fully saturated rings. The van der Waals surface area contributed by atoms with E-state index in [1.165, 1.54) is 11.1 Å². The Morgan fingerprint density at radius 3 is 2.26 bits per heavy atom. The molecule has 0 spiro atoms. The second-order valence-electron chi connectivity index (χ2n) is 9.18. The van der Waals surface area contributed by atoms with Crippen LogP contribution in [-0.4, -0.2) is 10.9 Å². The first-order valence-electron chi connectivity index (χ1n) is 12.2. The quantitative estimate of drug-likeness (QED) is 0.256. The van der Waals surface area contributed by atoms with Crippen molar-refractivity contribution in [2.45, 2.75) is 31.7 Å². The fourth-order valence-corrected chi connectivity index (χ4v) is 4.90. The Bertz CT molecular complexity index is 1410. The van der Waals surface area contributed by atoms with Gasteiger partial charge in [0, 0.05) is 29.4 Å². The minimum absolute atomic E-state index is 0.0424. The van der Waals surface area contributed by atoms with E-state index >= 15 is 0 Å². The van der Waals surface area contributed by atoms with Crippen molar-refractivity contribution < 1.29 is 4.79 Å². The van der Waals surface area contributed by atoms with Gasteiger partial charge in [-0.3, -0.25) is 4.79 Å². The van der Waals surface area contributed by atoms with Gasteiger partial charge in [0.1, 0.15) is 0 Å². The molecule has 0 saturated heterocycles. The molecule has 2 N–H and O–H groups in total. The number of H-pyrrole nitrogens is 1. The third kappa shape index (κ3) is 5.36. The van der Waals surface area contributed by atoms with Gasteiger partial charge in [0.25, 0.3) is 0 Å². The molecule has 3 heteroatoms. The van der Waals surface area contributed by atoms with E-state index in [9.17, 15) is 4.79 Å². The summed E-state index contributed by atoms with van der Waals surface area (Å²) in [5, 5.41) is 4.52. The lowest BCUT2D eigenvalue weighted by molar-refractivity contribution is -0.122. The average molecular weight is 459 g/mol. The molecule has 0 aliphatic heterocycles. The molecule has 2 atom stereocenters. The van der Waals surface area contributed by atoms with Crippen LogP contribution in [0.1, 0.15) is 46.2 Å². The smallest absolute Gasteiger partial charge is 0.221 e. The van der Waals surface area contributed by atoms with Gasteiger partial charge >= 0.3 is 0 Å². The van der Waals surface area contributed by atoms with E-state index in [0.29, 0.717) is 6.42 Å². The minimum Gasteiger partial charge on any atom is -0.361 e. The summed E-state index contributed by atoms with van der Waals surface area (Å²) in [6.07, 6.45) is 3.19. The van der Waals surface area contributed by atoms with Crippen molar-refractivity contribution in [3.05, 3.63) is 143 Å². The number of hydrogen-bond donors (Lipinski definition) is 2. The minimum atomic E-state index is -0.0905. The van der Waals surface area contributed by atoms with Crippen LogP contribution in [-0.2, 0) is 11.2 Å². The molecule has 0 aliphatic carbocycles. The van der Waals surface area contributed by atoms with Crippen molar-refractivity contribution in [3.8, 4) is 0 Å². The number of amides is 1. The molecule has 0 aliphatic rings. The van der Waals surface area contributed by atoms with Crippen LogP contribution in [0.25, 0.3) is 10.9 Å². The zero-order valence-electron chi connectivity index (χ0n) is 19.9. The van der Waals surface area contributed by atoms with Gasteiger partial charge < -0.3 is 10.3 Å². The number of fused-ring (bicyclic) bond motifs is 1. The number of aromatic amines is 1. The zero-order chi connectivity index (χ0) is 24.0. The lowest BCUT2D eigenvalue weighted by Crippen LogP contribution is -2.31. The molecule has 174 valence electrons. The molecule has 1 amide bonds. The fourth-order valence-electron chi connectivity index (χ4n) is 4.90. The average Bonchev–Trinajstić information content (AvgIpc) is 3.32. The Morgan fingerprint density at radius 1 is 0.800 bits per heavy atom. The van der Waals surface area contributed by atoms with Gasteiger partial charge in [-0.05, 0) is 41.7 Å². The Labute approximate surface area is 206 Å². The number of rotatable bonds is 8. The van der Waals surface area contributed by atoms with E-state index in [-0.39, 0.29) is 17.9 Å². The first kappa shape index (κ1) is 22.7. The van der Waals surface area contributed by atoms with E-state index < -0.39 is 0 Å². The standard InChI is InChI=1S/C32H30N2O/c1-23-11-10-16-26(19-23)28(29-22-33-30-18-9-8-17-27(29)30)21-32(35)34-31(25-14-6-3-7-15-25)20-24-12-4-2-5-13-24/h2-19,22,28,31,33H,20-21H2,1H3,(H,34,35). The molecule has 5 aromatic rings. The maximum absolute atomic E-state index is 13.6. The Kier molecular flexibility index (Phi) is 6.76. The topological polar surface area (TPSA) is 44.9 Å². The predicted octanol–water partition coefficient (Wildman–Crippen LogP) is 7.10. The van der Waals surface area contributed by atoms with Gasteiger partial charge in [-0.25, -0.2) is 0 Å². The third-order valence-electron chi connectivity index (χ3n) is 6.65. The number of aromatic nitrogens is 1. The number of carbonyl (C=O) groups excluding carboxylic acids is 1. The molecular formula is C32H30N2O. The zero-order valence-corrected chi connectivity index (χ0v) is 19.9. The summed E-state index contributed by atoms with van der Waals surface area (Å²) >= 11 is 0. The number of nitrogens with one attached hydrogen (secondary N) is 2. The van der Waals surface area contributed by atoms with Gasteiger partial charge in [0.2, 0.25) is 5.91 Å². The lowest BCUT2D eigenvalue weighted by atomic mass is 9.87. The van der Waals surface area contributed by atoms with Crippen LogP contribution in [0.5, 0.6) is 0 Å². The van der Waals surface area contributed by atoms with E-state index in [0.717, 1.165) is 34.0 Å². The lowest BCUT2D eigenvalue weighted by Gasteiger charge is -2.22. The Hall–Kier alpha value is -4.11. The maximum atomic E-state index is 13.6. The van der Waals surface area contributed by atoms with Crippen LogP contribution >= 0.6 is 0 Å². The predicted molar refractivity (Wildman–Crippen MR) is 143 cm³/mol. The van der Waals surface area contributed by atoms with E-state index in [2.05, 4.69) is 90.2 Å². The SMILES string of the molecule is Cc1cccc(C(CC(=O)NC(Cc2ccccc2)c2ccccc2)c2c[nH]c3ccccc23)c1. The van der Waals surface area contributed by atoms with Gasteiger partial charge in [0.15, 0.2) is 0 Å². The highest BCUT2D eigenvalue weighted by molar-refractivity contribution is 5.86. The number of para-hydroxylation sites is 1. The molecule has 0 bridgehead atoms. The van der Waals surface area contributed by atoms with E-state index in [4.69, 9.17) is 0 Å². The highest BCUT2D eigenvalue weighted by atomic mass is 16.1. The molecule has 2 unspecified atom stereocenters. The van der Waals surface area contributed by atoms with Crippen molar-refractivity contribution in [1.82, 2.24) is 10.3 Å². The summed E-state index contributed by atoms with van der Waals surface area (Å²) in [7, 11) is 0. The van der Waals surface area contributed by atoms with Crippen LogP contribution in [0, 0.1) is 6.92 Å². The fraction of sp³-hybridized carbons (Fsp3) is 0.156. The van der Waals surface area contributed by atoms with E-state index in [1.54, 1.807) is 0 Å². The van der Waals surface area contributed by atoms with Crippen molar-refractivity contribution in [1.29, 1.82) is 0 Å². The van der Waals surface area contributed by atoms with Crippen LogP contribution in [0.2, 0.25) is 0 Å². The number of carbonyl (C=O) groups is 1. The van der Waals surface area contributed by atoms with Gasteiger partial charge in [-0.15, -0.1) is 0 Å². The van der Waals surface area contributed by atoms with E-state index in [1.807, 2.05) is 42.5 Å². The van der Waals surface area contributed by atoms with Gasteiger partial charge in [0.05, 0.1) is 6.04 Å². The Balaban J connectivity index is 1.45. The molecule has 0 saturated carbocycles. The molecular weight excluding hydrogens is 428 g/mol. The second kappa shape index (κ2) is 10.4. The number of benzene rings is 4. The van der Waals surface area contributed by atoms with Crippen LogP contribution in [0.3, 0.4) is 0 Å². The van der Waals surface area contributed by atoms with Crippen LogP contribution in [0.15, 0.2) is 115 Å². The number of hydrogen-bond acceptors (Lipinski definition) is 1. The van der Waals surface area contributed by atoms with Crippen molar-refractivity contribution >= 4 is 16.8 Å². The molecule has 4 aromatic carbocycles. The molecule has 1 aromatic heterocycles. The van der Waals surface area contributed by atoms with Crippen LogP contribution < -0.4 is 5.32 Å². The molecule has 0 radical (unpaired) electrons. The highest BCUT2D eigenvalue weighted by Crippen LogP contribution is 2.34. The van der Waals surface area contributed by atoms with Crippen molar-refractivity contribution in [2.75, 3.05) is 0 Å². The van der Waals surface area contributed by atoms with Gasteiger partial charge in [-0.1, -0.05) is 109 Å². The normalized spacial score (nSPS) is 12.8. The summed E-state index contributed by atoms with van der Waals surface area (Å²) in [6.45, 7) is 2.10. The van der Waals surface area contributed by atoms with Crippen LogP contribution in [0.4, 0.5) is 0 Å². The summed E-state index contributed by atoms with van der Waals surface area (Å²) in [5.41, 5.74) is 6.91.